The first-order valence-corrected chi connectivity index (χ1v) is 6.49. The second kappa shape index (κ2) is 3.96. The quantitative estimate of drug-likeness (QED) is 0.489. The van der Waals surface area contributed by atoms with Crippen LogP contribution in [0.5, 0.6) is 0 Å². The normalized spacial score (nSPS) is 10.7. The zero-order valence-corrected chi connectivity index (χ0v) is 10.0. The average molecular weight is 240 g/mol. The predicted molar refractivity (Wildman–Crippen MR) is 66.2 cm³/mol. The number of benzene rings is 1. The van der Waals surface area contributed by atoms with E-state index < -0.39 is 0 Å². The van der Waals surface area contributed by atoms with Crippen molar-refractivity contribution in [3.8, 4) is 0 Å². The van der Waals surface area contributed by atoms with Gasteiger partial charge in [-0.05, 0) is 29.8 Å². The van der Waals surface area contributed by atoms with Crippen LogP contribution in [0, 0.1) is 0 Å². The van der Waals surface area contributed by atoms with Crippen LogP contribution in [0.4, 0.5) is 0 Å². The maximum absolute atomic E-state index is 10.6. The summed E-state index contributed by atoms with van der Waals surface area (Å²) in [5.41, 5.74) is 0.688. The van der Waals surface area contributed by atoms with Gasteiger partial charge < -0.3 is 0 Å². The molecule has 0 aliphatic heterocycles. The van der Waals surface area contributed by atoms with E-state index in [0.717, 1.165) is 21.3 Å². The average Bonchev–Trinajstić information content (AvgIpc) is 2.61. The molecule has 1 heterocycles. The summed E-state index contributed by atoms with van der Waals surface area (Å²) in [6, 6.07) is 5.80. The molecule has 14 heavy (non-hydrogen) atoms. The highest BCUT2D eigenvalue weighted by Crippen LogP contribution is 2.35. The van der Waals surface area contributed by atoms with Gasteiger partial charge in [0.05, 0.1) is 4.21 Å². The number of thiophene rings is 1. The van der Waals surface area contributed by atoms with Gasteiger partial charge in [-0.25, -0.2) is 0 Å². The Kier molecular flexibility index (Phi) is 2.85. The molecule has 2 aromatic rings. The van der Waals surface area contributed by atoms with Crippen LogP contribution in [0.3, 0.4) is 0 Å². The summed E-state index contributed by atoms with van der Waals surface area (Å²) < 4.78 is 2.40. The Morgan fingerprint density at radius 1 is 1.43 bits per heavy atom. The molecule has 4 heteroatoms. The number of carbonyl (C=O) groups is 1. The lowest BCUT2D eigenvalue weighted by Gasteiger charge is -1.95. The highest BCUT2D eigenvalue weighted by Gasteiger charge is 2.05. The van der Waals surface area contributed by atoms with Gasteiger partial charge in [-0.1, -0.05) is 0 Å². The molecule has 0 amide bonds. The molecule has 1 aromatic heterocycles. The number of hydrogen-bond acceptors (Lipinski definition) is 4. The van der Waals surface area contributed by atoms with Crippen molar-refractivity contribution in [2.75, 3.05) is 6.26 Å². The standard InChI is InChI=1S/C10H8OS3/c1-13-9-4-7-2-6(5-11)3-8(12)10(7)14-9/h2-5,12H,1H3. The number of thioether (sulfide) groups is 1. The lowest BCUT2D eigenvalue weighted by atomic mass is 10.2. The van der Waals surface area contributed by atoms with Crippen LogP contribution in [0.2, 0.25) is 0 Å². The molecule has 0 radical (unpaired) electrons. The number of thiol groups is 1. The lowest BCUT2D eigenvalue weighted by molar-refractivity contribution is 0.112. The zero-order chi connectivity index (χ0) is 10.1. The fourth-order valence-electron chi connectivity index (χ4n) is 1.30. The third-order valence-corrected chi connectivity index (χ3v) is 4.69. The Morgan fingerprint density at radius 2 is 2.21 bits per heavy atom. The number of rotatable bonds is 2. The van der Waals surface area contributed by atoms with Crippen LogP contribution in [-0.4, -0.2) is 12.5 Å². The molecule has 0 atom stereocenters. The first-order chi connectivity index (χ1) is 6.74. The first kappa shape index (κ1) is 10.1. The molecule has 1 aromatic carbocycles. The largest absolute Gasteiger partial charge is 0.298 e. The van der Waals surface area contributed by atoms with Gasteiger partial charge in [0, 0.05) is 15.2 Å². The van der Waals surface area contributed by atoms with E-state index in [1.54, 1.807) is 29.2 Å². The second-order valence-electron chi connectivity index (χ2n) is 2.85. The Balaban J connectivity index is 2.73. The molecule has 0 aliphatic carbocycles. The summed E-state index contributed by atoms with van der Waals surface area (Å²) in [5.74, 6) is 0. The van der Waals surface area contributed by atoms with E-state index in [1.165, 1.54) is 4.21 Å². The summed E-state index contributed by atoms with van der Waals surface area (Å²) in [4.78, 5) is 11.5. The van der Waals surface area contributed by atoms with E-state index >= 15 is 0 Å². The van der Waals surface area contributed by atoms with Crippen LogP contribution in [-0.2, 0) is 0 Å². The minimum atomic E-state index is 0.688. The van der Waals surface area contributed by atoms with E-state index in [4.69, 9.17) is 0 Å². The number of fused-ring (bicyclic) bond motifs is 1. The molecule has 0 saturated carbocycles. The van der Waals surface area contributed by atoms with E-state index in [0.29, 0.717) is 5.56 Å². The monoisotopic (exact) mass is 240 g/mol. The number of aldehydes is 1. The van der Waals surface area contributed by atoms with Crippen molar-refractivity contribution in [3.05, 3.63) is 23.8 Å². The van der Waals surface area contributed by atoms with Crippen molar-refractivity contribution in [2.45, 2.75) is 9.10 Å². The topological polar surface area (TPSA) is 17.1 Å². The smallest absolute Gasteiger partial charge is 0.150 e. The molecular formula is C10H8OS3. The molecular weight excluding hydrogens is 232 g/mol. The van der Waals surface area contributed by atoms with Gasteiger partial charge in [0.15, 0.2) is 0 Å². The van der Waals surface area contributed by atoms with Gasteiger partial charge in [-0.2, -0.15) is 0 Å². The van der Waals surface area contributed by atoms with Gasteiger partial charge >= 0.3 is 0 Å². The van der Waals surface area contributed by atoms with Crippen LogP contribution in [0.1, 0.15) is 10.4 Å². The lowest BCUT2D eigenvalue weighted by Crippen LogP contribution is -1.78. The Labute approximate surface area is 95.9 Å². The van der Waals surface area contributed by atoms with Crippen molar-refractivity contribution < 1.29 is 4.79 Å². The first-order valence-electron chi connectivity index (χ1n) is 4.00. The van der Waals surface area contributed by atoms with E-state index in [1.807, 2.05) is 12.3 Å². The summed E-state index contributed by atoms with van der Waals surface area (Å²) in [6.45, 7) is 0. The SMILES string of the molecule is CSc1cc2cc(C=O)cc(S)c2s1. The maximum atomic E-state index is 10.6. The molecule has 2 rings (SSSR count). The summed E-state index contributed by atoms with van der Waals surface area (Å²) in [7, 11) is 0. The molecule has 0 spiro atoms. The van der Waals surface area contributed by atoms with E-state index in [2.05, 4.69) is 18.7 Å². The van der Waals surface area contributed by atoms with Gasteiger partial charge in [0.2, 0.25) is 0 Å². The van der Waals surface area contributed by atoms with Crippen molar-refractivity contribution >= 4 is 52.1 Å². The van der Waals surface area contributed by atoms with Crippen LogP contribution in [0.15, 0.2) is 27.3 Å². The maximum Gasteiger partial charge on any atom is 0.150 e. The molecule has 0 saturated heterocycles. The molecule has 72 valence electrons. The number of hydrogen-bond donors (Lipinski definition) is 1. The van der Waals surface area contributed by atoms with Crippen LogP contribution >= 0.6 is 35.7 Å². The molecule has 0 unspecified atom stereocenters. The van der Waals surface area contributed by atoms with Gasteiger partial charge in [-0.3, -0.25) is 4.79 Å². The summed E-state index contributed by atoms with van der Waals surface area (Å²) >= 11 is 7.80. The molecule has 0 fully saturated rings. The van der Waals surface area contributed by atoms with E-state index in [9.17, 15) is 4.79 Å². The van der Waals surface area contributed by atoms with Gasteiger partial charge in [0.25, 0.3) is 0 Å². The summed E-state index contributed by atoms with van der Waals surface area (Å²) in [5, 5.41) is 1.11. The van der Waals surface area contributed by atoms with Crippen LogP contribution in [0.25, 0.3) is 10.1 Å². The van der Waals surface area contributed by atoms with Crippen molar-refractivity contribution in [1.29, 1.82) is 0 Å². The fraction of sp³-hybridized carbons (Fsp3) is 0.100. The molecule has 0 N–H and O–H groups in total. The van der Waals surface area contributed by atoms with Gasteiger partial charge in [0.1, 0.15) is 6.29 Å². The Morgan fingerprint density at radius 3 is 2.86 bits per heavy atom. The molecule has 0 bridgehead atoms. The number of carbonyl (C=O) groups excluding carboxylic acids is 1. The predicted octanol–water partition coefficient (Wildman–Crippen LogP) is 3.72. The minimum Gasteiger partial charge on any atom is -0.298 e. The third kappa shape index (κ3) is 1.69. The highest BCUT2D eigenvalue weighted by molar-refractivity contribution is 8.00. The molecule has 0 aliphatic rings. The minimum absolute atomic E-state index is 0.688. The van der Waals surface area contributed by atoms with Gasteiger partial charge in [-0.15, -0.1) is 35.7 Å². The highest BCUT2D eigenvalue weighted by atomic mass is 32.2. The zero-order valence-electron chi connectivity index (χ0n) is 7.48. The second-order valence-corrected chi connectivity index (χ2v) is 5.49. The van der Waals surface area contributed by atoms with Crippen molar-refractivity contribution in [3.63, 3.8) is 0 Å². The third-order valence-electron chi connectivity index (χ3n) is 1.93. The fourth-order valence-corrected chi connectivity index (χ4v) is 3.33. The van der Waals surface area contributed by atoms with Crippen molar-refractivity contribution in [2.24, 2.45) is 0 Å². The van der Waals surface area contributed by atoms with Crippen LogP contribution < -0.4 is 0 Å². The Hall–Kier alpha value is -0.450. The van der Waals surface area contributed by atoms with Crippen molar-refractivity contribution in [1.82, 2.24) is 0 Å². The molecule has 1 nitrogen and oxygen atoms in total. The summed E-state index contributed by atoms with van der Waals surface area (Å²) in [6.07, 6.45) is 2.90. The van der Waals surface area contributed by atoms with E-state index in [-0.39, 0.29) is 0 Å². The Bertz CT molecular complexity index is 487.